The van der Waals surface area contributed by atoms with Gasteiger partial charge in [0.15, 0.2) is 11.0 Å². The van der Waals surface area contributed by atoms with E-state index >= 15 is 0 Å². The third-order valence-electron chi connectivity index (χ3n) is 2.19. The molecule has 92 valence electrons. The van der Waals surface area contributed by atoms with E-state index in [0.29, 0.717) is 24.0 Å². The van der Waals surface area contributed by atoms with Crippen LogP contribution in [0.1, 0.15) is 24.5 Å². The smallest absolute Gasteiger partial charge is 0.237 e. The Morgan fingerprint density at radius 3 is 2.82 bits per heavy atom. The first kappa shape index (κ1) is 12.1. The van der Waals surface area contributed by atoms with Crippen LogP contribution in [0.15, 0.2) is 9.68 Å². The van der Waals surface area contributed by atoms with Crippen molar-refractivity contribution >= 4 is 11.8 Å². The average molecular weight is 254 g/mol. The molecule has 0 bridgehead atoms. The van der Waals surface area contributed by atoms with Crippen molar-refractivity contribution in [1.82, 2.24) is 24.9 Å². The summed E-state index contributed by atoms with van der Waals surface area (Å²) in [4.78, 5) is 4.13. The fourth-order valence-electron chi connectivity index (χ4n) is 1.42. The molecule has 0 aliphatic rings. The Bertz CT molecular complexity index is 493. The molecule has 17 heavy (non-hydrogen) atoms. The third-order valence-corrected chi connectivity index (χ3v) is 3.14. The average Bonchev–Trinajstić information content (AvgIpc) is 2.91. The van der Waals surface area contributed by atoms with Crippen molar-refractivity contribution in [2.45, 2.75) is 37.8 Å². The van der Waals surface area contributed by atoms with Gasteiger partial charge in [-0.05, 0) is 13.8 Å². The van der Waals surface area contributed by atoms with Gasteiger partial charge in [0.25, 0.3) is 0 Å². The lowest BCUT2D eigenvalue weighted by molar-refractivity contribution is 0.387. The number of nitrogens with zero attached hydrogens (tertiary/aromatic N) is 5. The monoisotopic (exact) mass is 254 g/mol. The predicted octanol–water partition coefficient (Wildman–Crippen LogP) is 0.740. The molecule has 2 aromatic heterocycles. The second kappa shape index (κ2) is 5.28. The van der Waals surface area contributed by atoms with Crippen LogP contribution in [0.5, 0.6) is 0 Å². The molecule has 0 fully saturated rings. The summed E-state index contributed by atoms with van der Waals surface area (Å²) in [5, 5.41) is 12.7. The Morgan fingerprint density at radius 1 is 1.41 bits per heavy atom. The second-order valence-electron chi connectivity index (χ2n) is 3.37. The van der Waals surface area contributed by atoms with Crippen molar-refractivity contribution in [2.75, 3.05) is 0 Å². The summed E-state index contributed by atoms with van der Waals surface area (Å²) < 4.78 is 7.01. The minimum absolute atomic E-state index is 0.390. The Hall–Kier alpha value is -1.41. The van der Waals surface area contributed by atoms with E-state index in [2.05, 4.69) is 20.3 Å². The molecule has 7 nitrogen and oxygen atoms in total. The highest BCUT2D eigenvalue weighted by Crippen LogP contribution is 2.20. The number of thioether (sulfide) groups is 1. The van der Waals surface area contributed by atoms with Gasteiger partial charge in [0.05, 0.1) is 12.3 Å². The highest BCUT2D eigenvalue weighted by molar-refractivity contribution is 7.98. The maximum atomic E-state index is 5.58. The zero-order chi connectivity index (χ0) is 12.3. The summed E-state index contributed by atoms with van der Waals surface area (Å²) in [7, 11) is 0. The van der Waals surface area contributed by atoms with Gasteiger partial charge in [-0.25, -0.2) is 0 Å². The van der Waals surface area contributed by atoms with Gasteiger partial charge in [-0.1, -0.05) is 16.9 Å². The van der Waals surface area contributed by atoms with Crippen LogP contribution in [-0.2, 0) is 18.8 Å². The molecule has 8 heteroatoms. The molecule has 0 aliphatic heterocycles. The zero-order valence-electron chi connectivity index (χ0n) is 9.75. The summed E-state index contributed by atoms with van der Waals surface area (Å²) >= 11 is 1.51. The fraction of sp³-hybridized carbons (Fsp3) is 0.556. The lowest BCUT2D eigenvalue weighted by atomic mass is 10.6. The highest BCUT2D eigenvalue weighted by atomic mass is 32.2. The molecule has 2 N–H and O–H groups in total. The first-order chi connectivity index (χ1) is 8.24. The van der Waals surface area contributed by atoms with E-state index < -0.39 is 0 Å². The number of nitrogens with two attached hydrogens (primary N) is 1. The summed E-state index contributed by atoms with van der Waals surface area (Å²) in [6.45, 7) is 5.01. The van der Waals surface area contributed by atoms with Crippen LogP contribution in [0.4, 0.5) is 0 Å². The highest BCUT2D eigenvalue weighted by Gasteiger charge is 2.11. The SMILES string of the molecule is CCn1c(CN)nnc1SCc1nc(C)no1. The number of aryl methyl sites for hydroxylation is 1. The zero-order valence-corrected chi connectivity index (χ0v) is 10.6. The maximum absolute atomic E-state index is 5.58. The molecule has 0 unspecified atom stereocenters. The van der Waals surface area contributed by atoms with Crippen molar-refractivity contribution in [3.05, 3.63) is 17.5 Å². The topological polar surface area (TPSA) is 95.7 Å². The Morgan fingerprint density at radius 2 is 2.24 bits per heavy atom. The van der Waals surface area contributed by atoms with Gasteiger partial charge >= 0.3 is 0 Å². The molecule has 0 amide bonds. The van der Waals surface area contributed by atoms with E-state index in [9.17, 15) is 0 Å². The van der Waals surface area contributed by atoms with E-state index in [1.807, 2.05) is 11.5 Å². The maximum Gasteiger partial charge on any atom is 0.237 e. The van der Waals surface area contributed by atoms with Gasteiger partial charge < -0.3 is 14.8 Å². The molecular formula is C9H14N6OS. The Kier molecular flexibility index (Phi) is 3.75. The molecule has 0 aliphatic carbocycles. The first-order valence-electron chi connectivity index (χ1n) is 5.28. The van der Waals surface area contributed by atoms with E-state index in [4.69, 9.17) is 10.3 Å². The second-order valence-corrected chi connectivity index (χ2v) is 4.31. The van der Waals surface area contributed by atoms with Crippen LogP contribution >= 0.6 is 11.8 Å². The van der Waals surface area contributed by atoms with Gasteiger partial charge in [0.1, 0.15) is 5.82 Å². The quantitative estimate of drug-likeness (QED) is 0.786. The third kappa shape index (κ3) is 2.64. The van der Waals surface area contributed by atoms with E-state index in [-0.39, 0.29) is 0 Å². The van der Waals surface area contributed by atoms with Gasteiger partial charge in [-0.15, -0.1) is 10.2 Å². The molecule has 0 saturated carbocycles. The van der Waals surface area contributed by atoms with Crippen molar-refractivity contribution in [3.8, 4) is 0 Å². The van der Waals surface area contributed by atoms with E-state index in [1.54, 1.807) is 6.92 Å². The minimum Gasteiger partial charge on any atom is -0.338 e. The standard InChI is InChI=1S/C9H14N6OS/c1-3-15-7(4-10)12-13-9(15)17-5-8-11-6(2)14-16-8/h3-5,10H2,1-2H3. The molecular weight excluding hydrogens is 240 g/mol. The number of rotatable bonds is 5. The van der Waals surface area contributed by atoms with Crippen LogP contribution in [0, 0.1) is 6.92 Å². The van der Waals surface area contributed by atoms with Gasteiger partial charge in [-0.3, -0.25) is 0 Å². The summed E-state index contributed by atoms with van der Waals surface area (Å²) in [6.07, 6.45) is 0. The Balaban J connectivity index is 2.06. The number of aromatic nitrogens is 5. The molecule has 0 radical (unpaired) electrons. The molecule has 0 atom stereocenters. The summed E-state index contributed by atoms with van der Waals surface area (Å²) in [6, 6.07) is 0. The van der Waals surface area contributed by atoms with Crippen molar-refractivity contribution in [2.24, 2.45) is 5.73 Å². The van der Waals surface area contributed by atoms with Crippen molar-refractivity contribution in [1.29, 1.82) is 0 Å². The van der Waals surface area contributed by atoms with Gasteiger partial charge in [-0.2, -0.15) is 4.98 Å². The number of hydrogen-bond donors (Lipinski definition) is 1. The summed E-state index contributed by atoms with van der Waals surface area (Å²) in [5.41, 5.74) is 5.58. The molecule has 0 aromatic carbocycles. The fourth-order valence-corrected chi connectivity index (χ4v) is 2.28. The number of hydrogen-bond acceptors (Lipinski definition) is 7. The van der Waals surface area contributed by atoms with Gasteiger partial charge in [0, 0.05) is 6.54 Å². The molecule has 2 heterocycles. The van der Waals surface area contributed by atoms with Crippen molar-refractivity contribution < 1.29 is 4.52 Å². The minimum atomic E-state index is 0.390. The lowest BCUT2D eigenvalue weighted by Crippen LogP contribution is -2.08. The normalized spacial score (nSPS) is 11.0. The molecule has 2 rings (SSSR count). The van der Waals surface area contributed by atoms with E-state index in [0.717, 1.165) is 17.5 Å². The lowest BCUT2D eigenvalue weighted by Gasteiger charge is -2.04. The summed E-state index contributed by atoms with van der Waals surface area (Å²) in [5.74, 6) is 2.60. The first-order valence-corrected chi connectivity index (χ1v) is 6.27. The van der Waals surface area contributed by atoms with Crippen molar-refractivity contribution in [3.63, 3.8) is 0 Å². The van der Waals surface area contributed by atoms with Crippen LogP contribution in [0.25, 0.3) is 0 Å². The van der Waals surface area contributed by atoms with Crippen LogP contribution in [-0.4, -0.2) is 24.9 Å². The molecule has 0 spiro atoms. The van der Waals surface area contributed by atoms with Crippen LogP contribution in [0.2, 0.25) is 0 Å². The Labute approximate surface area is 103 Å². The van der Waals surface area contributed by atoms with Crippen LogP contribution in [0.3, 0.4) is 0 Å². The molecule has 0 saturated heterocycles. The van der Waals surface area contributed by atoms with Crippen LogP contribution < -0.4 is 5.73 Å². The van der Waals surface area contributed by atoms with E-state index in [1.165, 1.54) is 11.8 Å². The largest absolute Gasteiger partial charge is 0.338 e. The molecule has 2 aromatic rings. The predicted molar refractivity (Wildman–Crippen MR) is 62.2 cm³/mol. The van der Waals surface area contributed by atoms with Gasteiger partial charge in [0.2, 0.25) is 5.89 Å².